The molecule has 4 rings (SSSR count). The van der Waals surface area contributed by atoms with Crippen LogP contribution in [0.3, 0.4) is 0 Å². The summed E-state index contributed by atoms with van der Waals surface area (Å²) < 4.78 is 0. The van der Waals surface area contributed by atoms with Crippen LogP contribution in [0.15, 0.2) is 47.6 Å². The molecule has 1 aliphatic carbocycles. The van der Waals surface area contributed by atoms with Crippen molar-refractivity contribution < 1.29 is 4.79 Å². The maximum atomic E-state index is 12.3. The summed E-state index contributed by atoms with van der Waals surface area (Å²) in [6, 6.07) is 15.2. The topological polar surface area (TPSA) is 32.7 Å². The van der Waals surface area contributed by atoms with E-state index in [1.54, 1.807) is 11.9 Å². The molecule has 1 heterocycles. The third kappa shape index (κ3) is 2.78. The molecule has 0 spiro atoms. The lowest BCUT2D eigenvalue weighted by Crippen LogP contribution is -2.29. The van der Waals surface area contributed by atoms with Crippen LogP contribution in [0, 0.1) is 19.8 Å². The van der Waals surface area contributed by atoms with Crippen LogP contribution >= 0.6 is 0 Å². The van der Waals surface area contributed by atoms with Crippen LogP contribution in [-0.2, 0) is 11.2 Å². The zero-order chi connectivity index (χ0) is 17.6. The first-order chi connectivity index (χ1) is 12.0. The number of carbonyl (C=O) groups excluding carboxylic acids is 1. The van der Waals surface area contributed by atoms with Gasteiger partial charge < -0.3 is 0 Å². The summed E-state index contributed by atoms with van der Waals surface area (Å²) in [5.74, 6) is 0.287. The number of aryl methyl sites for hydroxylation is 3. The largest absolute Gasteiger partial charge is 0.273 e. The quantitative estimate of drug-likeness (QED) is 0.753. The lowest BCUT2D eigenvalue weighted by molar-refractivity contribution is -0.131. The molecule has 0 saturated carbocycles. The second-order valence-corrected chi connectivity index (χ2v) is 7.36. The van der Waals surface area contributed by atoms with Crippen molar-refractivity contribution in [3.8, 4) is 0 Å². The van der Waals surface area contributed by atoms with Crippen molar-refractivity contribution in [1.29, 1.82) is 0 Å². The summed E-state index contributed by atoms with van der Waals surface area (Å²) in [4.78, 5) is 12.3. The molecule has 2 aromatic carbocycles. The molecule has 0 bridgehead atoms. The monoisotopic (exact) mass is 332 g/mol. The fourth-order valence-corrected chi connectivity index (χ4v) is 4.18. The second-order valence-electron chi connectivity index (χ2n) is 7.36. The number of hydrogen-bond donors (Lipinski definition) is 0. The van der Waals surface area contributed by atoms with Gasteiger partial charge in [0.25, 0.3) is 0 Å². The van der Waals surface area contributed by atoms with Gasteiger partial charge in [0.2, 0.25) is 5.91 Å². The molecule has 128 valence electrons. The van der Waals surface area contributed by atoms with Crippen LogP contribution in [-0.4, -0.2) is 16.6 Å². The molecule has 2 atom stereocenters. The average molecular weight is 332 g/mol. The van der Waals surface area contributed by atoms with Crippen LogP contribution in [0.2, 0.25) is 0 Å². The highest BCUT2D eigenvalue weighted by Crippen LogP contribution is 2.42. The minimum atomic E-state index is 0.0135. The Bertz CT molecular complexity index is 851. The molecule has 0 aromatic heterocycles. The predicted molar refractivity (Wildman–Crippen MR) is 101 cm³/mol. The number of fused-ring (bicyclic) bond motifs is 3. The minimum Gasteiger partial charge on any atom is -0.273 e. The number of nitrogens with zero attached hydrogens (tertiary/aromatic N) is 2. The van der Waals surface area contributed by atoms with E-state index >= 15 is 0 Å². The van der Waals surface area contributed by atoms with Gasteiger partial charge in [0.15, 0.2) is 0 Å². The Balaban J connectivity index is 1.84. The Hall–Kier alpha value is -2.42. The second kappa shape index (κ2) is 6.14. The first-order valence-electron chi connectivity index (χ1n) is 9.09. The minimum absolute atomic E-state index is 0.0135. The molecule has 0 saturated heterocycles. The number of hydrogen-bond acceptors (Lipinski definition) is 2. The van der Waals surface area contributed by atoms with Crippen molar-refractivity contribution in [3.05, 3.63) is 70.3 Å². The normalized spacial score (nSPS) is 22.0. The van der Waals surface area contributed by atoms with E-state index in [4.69, 9.17) is 5.10 Å². The molecule has 0 fully saturated rings. The highest BCUT2D eigenvalue weighted by molar-refractivity contribution is 6.06. The third-order valence-corrected chi connectivity index (χ3v) is 5.46. The Morgan fingerprint density at radius 2 is 1.80 bits per heavy atom. The Morgan fingerprint density at radius 1 is 1.08 bits per heavy atom. The molecule has 3 nitrogen and oxygen atoms in total. The molecule has 1 aliphatic heterocycles. The fraction of sp³-hybridized carbons (Fsp3) is 0.364. The van der Waals surface area contributed by atoms with Gasteiger partial charge in [-0.15, -0.1) is 0 Å². The smallest absolute Gasteiger partial charge is 0.240 e. The molecule has 0 N–H and O–H groups in total. The van der Waals surface area contributed by atoms with E-state index in [2.05, 4.69) is 56.3 Å². The molecule has 0 unspecified atom stereocenters. The van der Waals surface area contributed by atoms with Gasteiger partial charge in [0.05, 0.1) is 11.8 Å². The van der Waals surface area contributed by atoms with Gasteiger partial charge in [-0.2, -0.15) is 5.10 Å². The van der Waals surface area contributed by atoms with Gasteiger partial charge in [-0.3, -0.25) is 4.79 Å². The van der Waals surface area contributed by atoms with Crippen molar-refractivity contribution in [2.24, 2.45) is 11.0 Å². The van der Waals surface area contributed by atoms with Crippen LogP contribution in [0.4, 0.5) is 0 Å². The summed E-state index contributed by atoms with van der Waals surface area (Å²) in [6.07, 6.45) is 3.29. The van der Waals surface area contributed by atoms with Crippen LogP contribution < -0.4 is 0 Å². The van der Waals surface area contributed by atoms with Crippen LogP contribution in [0.25, 0.3) is 0 Å². The molecular weight excluding hydrogens is 308 g/mol. The molecule has 0 radical (unpaired) electrons. The van der Waals surface area contributed by atoms with Crippen LogP contribution in [0.1, 0.15) is 53.6 Å². The molecule has 2 aliphatic rings. The number of amides is 1. The maximum absolute atomic E-state index is 12.3. The van der Waals surface area contributed by atoms with E-state index in [1.807, 2.05) is 0 Å². The Kier molecular flexibility index (Phi) is 3.95. The van der Waals surface area contributed by atoms with Gasteiger partial charge in [-0.25, -0.2) is 5.01 Å². The summed E-state index contributed by atoms with van der Waals surface area (Å²) in [5.41, 5.74) is 7.36. The molecule has 1 amide bonds. The van der Waals surface area contributed by atoms with Gasteiger partial charge in [0, 0.05) is 18.4 Å². The Morgan fingerprint density at radius 3 is 2.52 bits per heavy atom. The summed E-state index contributed by atoms with van der Waals surface area (Å²) >= 11 is 0. The van der Waals surface area contributed by atoms with Crippen molar-refractivity contribution >= 4 is 11.6 Å². The lowest BCUT2D eigenvalue weighted by Gasteiger charge is -2.26. The van der Waals surface area contributed by atoms with Crippen molar-refractivity contribution in [2.75, 3.05) is 0 Å². The molecular formula is C22H24N2O. The first-order valence-corrected chi connectivity index (χ1v) is 9.09. The molecule has 2 aromatic rings. The number of hydrazone groups is 1. The van der Waals surface area contributed by atoms with Gasteiger partial charge in [-0.1, -0.05) is 47.5 Å². The maximum Gasteiger partial charge on any atom is 0.240 e. The average Bonchev–Trinajstić information content (AvgIpc) is 2.88. The summed E-state index contributed by atoms with van der Waals surface area (Å²) in [7, 11) is 0. The standard InChI is InChI=1S/C22H24N2O/c1-14-7-11-18(12-8-14)22-19-6-4-5-17-10-9-15(2)13-20(17)21(19)23-24(22)16(3)25/h7-13,19,22H,4-6H2,1-3H3/t19-,22+/m1/s1. The van der Waals surface area contributed by atoms with Crippen molar-refractivity contribution in [1.82, 2.24) is 5.01 Å². The molecule has 3 heteroatoms. The number of benzene rings is 2. The highest BCUT2D eigenvalue weighted by atomic mass is 16.2. The van der Waals surface area contributed by atoms with Gasteiger partial charge in [0.1, 0.15) is 0 Å². The van der Waals surface area contributed by atoms with E-state index in [9.17, 15) is 4.79 Å². The third-order valence-electron chi connectivity index (χ3n) is 5.46. The zero-order valence-electron chi connectivity index (χ0n) is 15.1. The highest BCUT2D eigenvalue weighted by Gasteiger charge is 2.41. The number of carbonyl (C=O) groups is 1. The SMILES string of the molecule is CC(=O)N1N=C2c3cc(C)ccc3CCC[C@H]2[C@@H]1c1ccc(C)cc1. The van der Waals surface area contributed by atoms with E-state index in [0.717, 1.165) is 25.0 Å². The fourth-order valence-electron chi connectivity index (χ4n) is 4.18. The Labute approximate surface area is 149 Å². The number of rotatable bonds is 1. The van der Waals surface area contributed by atoms with Crippen molar-refractivity contribution in [2.45, 2.75) is 46.1 Å². The van der Waals surface area contributed by atoms with Crippen LogP contribution in [0.5, 0.6) is 0 Å². The van der Waals surface area contributed by atoms with E-state index in [1.165, 1.54) is 27.8 Å². The van der Waals surface area contributed by atoms with Gasteiger partial charge in [-0.05, 0) is 50.3 Å². The zero-order valence-corrected chi connectivity index (χ0v) is 15.1. The molecule has 25 heavy (non-hydrogen) atoms. The summed E-state index contributed by atoms with van der Waals surface area (Å²) in [6.45, 7) is 5.83. The van der Waals surface area contributed by atoms with E-state index in [0.29, 0.717) is 0 Å². The first kappa shape index (κ1) is 16.1. The lowest BCUT2D eigenvalue weighted by atomic mass is 9.85. The van der Waals surface area contributed by atoms with E-state index < -0.39 is 0 Å². The van der Waals surface area contributed by atoms with E-state index in [-0.39, 0.29) is 17.9 Å². The summed E-state index contributed by atoms with van der Waals surface area (Å²) in [5, 5.41) is 6.54. The van der Waals surface area contributed by atoms with Gasteiger partial charge >= 0.3 is 0 Å². The van der Waals surface area contributed by atoms with Crippen molar-refractivity contribution in [3.63, 3.8) is 0 Å². The predicted octanol–water partition coefficient (Wildman–Crippen LogP) is 4.56.